The second-order valence-corrected chi connectivity index (χ2v) is 7.24. The highest BCUT2D eigenvalue weighted by molar-refractivity contribution is 6.05. The molecule has 0 radical (unpaired) electrons. The summed E-state index contributed by atoms with van der Waals surface area (Å²) in [4.78, 5) is 22.1. The van der Waals surface area contributed by atoms with Gasteiger partial charge in [-0.1, -0.05) is 12.1 Å². The Bertz CT molecular complexity index is 1030. The van der Waals surface area contributed by atoms with Crippen molar-refractivity contribution in [3.63, 3.8) is 0 Å². The molecule has 1 N–H and O–H groups in total. The fraction of sp³-hybridized carbons (Fsp3) is 0.318. The highest BCUT2D eigenvalue weighted by Crippen LogP contribution is 2.24. The van der Waals surface area contributed by atoms with Crippen molar-refractivity contribution in [2.24, 2.45) is 0 Å². The van der Waals surface area contributed by atoms with Crippen molar-refractivity contribution < 1.29 is 9.53 Å². The summed E-state index contributed by atoms with van der Waals surface area (Å²) in [6, 6.07) is 9.86. The first kappa shape index (κ1) is 18.8. The smallest absolute Gasteiger partial charge is 0.279 e. The molecule has 5 heteroatoms. The summed E-state index contributed by atoms with van der Waals surface area (Å²) in [5, 5.41) is 2.95. The van der Waals surface area contributed by atoms with Gasteiger partial charge in [0.1, 0.15) is 0 Å². The van der Waals surface area contributed by atoms with E-state index in [-0.39, 0.29) is 23.6 Å². The minimum Gasteiger partial charge on any atom is -0.473 e. The average molecular weight is 363 g/mol. The Labute approximate surface area is 159 Å². The van der Waals surface area contributed by atoms with E-state index in [2.05, 4.69) is 15.3 Å². The Morgan fingerprint density at radius 1 is 0.926 bits per heavy atom. The van der Waals surface area contributed by atoms with Crippen LogP contribution in [-0.4, -0.2) is 22.0 Å². The summed E-state index contributed by atoms with van der Waals surface area (Å²) < 4.78 is 5.80. The van der Waals surface area contributed by atoms with Crippen molar-refractivity contribution in [3.8, 4) is 5.88 Å². The van der Waals surface area contributed by atoms with Gasteiger partial charge in [0.2, 0.25) is 5.88 Å². The third kappa shape index (κ3) is 4.08. The highest BCUT2D eigenvalue weighted by atomic mass is 16.5. The van der Waals surface area contributed by atoms with Crippen LogP contribution in [0.2, 0.25) is 0 Å². The lowest BCUT2D eigenvalue weighted by atomic mass is 10.1. The van der Waals surface area contributed by atoms with E-state index in [9.17, 15) is 4.79 Å². The molecule has 0 bridgehead atoms. The first-order valence-corrected chi connectivity index (χ1v) is 9.09. The van der Waals surface area contributed by atoms with Crippen LogP contribution in [0.5, 0.6) is 5.88 Å². The molecule has 0 atom stereocenters. The average Bonchev–Trinajstić information content (AvgIpc) is 2.58. The van der Waals surface area contributed by atoms with Gasteiger partial charge in [-0.3, -0.25) is 4.79 Å². The molecular formula is C22H25N3O2. The lowest BCUT2D eigenvalue weighted by Gasteiger charge is -2.15. The predicted molar refractivity (Wildman–Crippen MR) is 109 cm³/mol. The summed E-state index contributed by atoms with van der Waals surface area (Å²) in [6.45, 7) is 11.8. The number of aryl methyl sites for hydroxylation is 4. The predicted octanol–water partition coefficient (Wildman–Crippen LogP) is 4.90. The van der Waals surface area contributed by atoms with E-state index in [4.69, 9.17) is 4.74 Å². The SMILES string of the molecule is Cc1ccc(C)c(NC(=O)c2nc3cc(C)c(C)cc3nc2OC(C)C)c1. The van der Waals surface area contributed by atoms with Crippen molar-refractivity contribution in [3.05, 3.63) is 58.3 Å². The quantitative estimate of drug-likeness (QED) is 0.716. The molecule has 0 spiro atoms. The normalized spacial score (nSPS) is 11.1. The Kier molecular flexibility index (Phi) is 5.13. The van der Waals surface area contributed by atoms with Crippen molar-refractivity contribution in [1.82, 2.24) is 9.97 Å². The van der Waals surface area contributed by atoms with E-state index in [1.165, 1.54) is 0 Å². The first-order valence-electron chi connectivity index (χ1n) is 9.09. The number of nitrogens with zero attached hydrogens (tertiary/aromatic N) is 2. The fourth-order valence-electron chi connectivity index (χ4n) is 2.80. The van der Waals surface area contributed by atoms with Crippen LogP contribution in [0, 0.1) is 27.7 Å². The number of aromatic nitrogens is 2. The zero-order chi connectivity index (χ0) is 19.7. The van der Waals surface area contributed by atoms with Gasteiger partial charge in [0.25, 0.3) is 5.91 Å². The largest absolute Gasteiger partial charge is 0.473 e. The maximum Gasteiger partial charge on any atom is 0.279 e. The summed E-state index contributed by atoms with van der Waals surface area (Å²) in [5.41, 5.74) is 6.65. The van der Waals surface area contributed by atoms with E-state index in [1.807, 2.05) is 71.9 Å². The molecule has 3 aromatic rings. The summed E-state index contributed by atoms with van der Waals surface area (Å²) in [7, 11) is 0. The van der Waals surface area contributed by atoms with Crippen LogP contribution in [0.1, 0.15) is 46.6 Å². The van der Waals surface area contributed by atoms with Crippen molar-refractivity contribution in [2.45, 2.75) is 47.6 Å². The van der Waals surface area contributed by atoms with E-state index in [0.717, 1.165) is 33.5 Å². The third-order valence-corrected chi connectivity index (χ3v) is 4.45. The van der Waals surface area contributed by atoms with Crippen LogP contribution in [0.25, 0.3) is 11.0 Å². The van der Waals surface area contributed by atoms with Crippen LogP contribution in [0.15, 0.2) is 30.3 Å². The lowest BCUT2D eigenvalue weighted by molar-refractivity contribution is 0.101. The number of hydrogen-bond acceptors (Lipinski definition) is 4. The Hall–Kier alpha value is -2.95. The topological polar surface area (TPSA) is 64.1 Å². The third-order valence-electron chi connectivity index (χ3n) is 4.45. The second kappa shape index (κ2) is 7.35. The fourth-order valence-corrected chi connectivity index (χ4v) is 2.80. The van der Waals surface area contributed by atoms with E-state index >= 15 is 0 Å². The molecule has 5 nitrogen and oxygen atoms in total. The number of hydrogen-bond donors (Lipinski definition) is 1. The zero-order valence-electron chi connectivity index (χ0n) is 16.7. The number of benzene rings is 2. The highest BCUT2D eigenvalue weighted by Gasteiger charge is 2.20. The number of carbonyl (C=O) groups excluding carboxylic acids is 1. The molecule has 0 unspecified atom stereocenters. The number of nitrogens with one attached hydrogen (secondary N) is 1. The molecule has 1 amide bonds. The molecule has 27 heavy (non-hydrogen) atoms. The van der Waals surface area contributed by atoms with Crippen LogP contribution in [-0.2, 0) is 0 Å². The molecule has 140 valence electrons. The van der Waals surface area contributed by atoms with Crippen molar-refractivity contribution in [2.75, 3.05) is 5.32 Å². The molecule has 0 saturated heterocycles. The number of ether oxygens (including phenoxy) is 1. The van der Waals surface area contributed by atoms with Gasteiger partial charge < -0.3 is 10.1 Å². The standard InChI is InChI=1S/C22H25N3O2/c1-12(2)27-22-20(21(26)24-17-9-13(3)7-8-14(17)4)23-18-10-15(5)16(6)11-19(18)25-22/h7-12H,1-6H3,(H,24,26). The molecule has 0 aliphatic heterocycles. The summed E-state index contributed by atoms with van der Waals surface area (Å²) in [5.74, 6) is -0.0736. The minimum atomic E-state index is -0.327. The first-order chi connectivity index (χ1) is 12.7. The van der Waals surface area contributed by atoms with Gasteiger partial charge in [-0.15, -0.1) is 0 Å². The molecular weight excluding hydrogens is 338 g/mol. The molecule has 0 saturated carbocycles. The minimum absolute atomic E-state index is 0.115. The van der Waals surface area contributed by atoms with Crippen LogP contribution in [0.4, 0.5) is 5.69 Å². The molecule has 1 heterocycles. The van der Waals surface area contributed by atoms with Crippen molar-refractivity contribution >= 4 is 22.6 Å². The molecule has 0 aliphatic rings. The molecule has 0 fully saturated rings. The van der Waals surface area contributed by atoms with E-state index in [1.54, 1.807) is 0 Å². The van der Waals surface area contributed by atoms with Gasteiger partial charge in [-0.25, -0.2) is 9.97 Å². The van der Waals surface area contributed by atoms with Crippen LogP contribution >= 0.6 is 0 Å². The molecule has 3 rings (SSSR count). The lowest BCUT2D eigenvalue weighted by Crippen LogP contribution is -2.19. The number of anilines is 1. The number of carbonyl (C=O) groups is 1. The van der Waals surface area contributed by atoms with E-state index in [0.29, 0.717) is 5.52 Å². The monoisotopic (exact) mass is 363 g/mol. The molecule has 2 aromatic carbocycles. The maximum absolute atomic E-state index is 13.0. The van der Waals surface area contributed by atoms with Gasteiger partial charge >= 0.3 is 0 Å². The van der Waals surface area contributed by atoms with Crippen LogP contribution in [0.3, 0.4) is 0 Å². The number of rotatable bonds is 4. The Morgan fingerprint density at radius 2 is 1.56 bits per heavy atom. The second-order valence-electron chi connectivity index (χ2n) is 7.24. The number of fused-ring (bicyclic) bond motifs is 1. The van der Waals surface area contributed by atoms with Gasteiger partial charge in [-0.2, -0.15) is 0 Å². The van der Waals surface area contributed by atoms with Crippen molar-refractivity contribution in [1.29, 1.82) is 0 Å². The zero-order valence-corrected chi connectivity index (χ0v) is 16.7. The van der Waals surface area contributed by atoms with Gasteiger partial charge in [-0.05, 0) is 82.0 Å². The molecule has 0 aliphatic carbocycles. The summed E-state index contributed by atoms with van der Waals surface area (Å²) in [6.07, 6.45) is -0.115. The maximum atomic E-state index is 13.0. The van der Waals surface area contributed by atoms with Gasteiger partial charge in [0.15, 0.2) is 5.69 Å². The Balaban J connectivity index is 2.08. The van der Waals surface area contributed by atoms with Crippen LogP contribution < -0.4 is 10.1 Å². The molecule has 1 aromatic heterocycles. The van der Waals surface area contributed by atoms with Gasteiger partial charge in [0.05, 0.1) is 17.1 Å². The number of amides is 1. The summed E-state index contributed by atoms with van der Waals surface area (Å²) >= 11 is 0. The van der Waals surface area contributed by atoms with E-state index < -0.39 is 0 Å². The van der Waals surface area contributed by atoms with Gasteiger partial charge in [0, 0.05) is 5.69 Å². The Morgan fingerprint density at radius 3 is 2.19 bits per heavy atom.